The Hall–Kier alpha value is -3.42. The first-order valence-electron chi connectivity index (χ1n) is 9.81. The Labute approximate surface area is 177 Å². The maximum Gasteiger partial charge on any atom is 0.416 e. The van der Waals surface area contributed by atoms with E-state index in [-0.39, 0.29) is 11.5 Å². The molecule has 3 heterocycles. The molecule has 31 heavy (non-hydrogen) atoms. The van der Waals surface area contributed by atoms with E-state index in [2.05, 4.69) is 10.1 Å². The van der Waals surface area contributed by atoms with Crippen molar-refractivity contribution in [3.05, 3.63) is 89.7 Å². The van der Waals surface area contributed by atoms with Gasteiger partial charge in [0.15, 0.2) is 0 Å². The fourth-order valence-corrected chi connectivity index (χ4v) is 3.41. The van der Waals surface area contributed by atoms with Crippen LogP contribution in [0.5, 0.6) is 0 Å². The Kier molecular flexibility index (Phi) is 5.63. The summed E-state index contributed by atoms with van der Waals surface area (Å²) in [6.45, 7) is 3.18. The third-order valence-electron chi connectivity index (χ3n) is 4.99. The molecule has 0 radical (unpaired) electrons. The number of pyridine rings is 1. The number of hydrogen-bond donors (Lipinski definition) is 0. The zero-order chi connectivity index (χ0) is 22.0. The zero-order valence-corrected chi connectivity index (χ0v) is 16.8. The molecule has 0 spiro atoms. The van der Waals surface area contributed by atoms with Crippen LogP contribution in [-0.2, 0) is 19.1 Å². The van der Waals surface area contributed by atoms with Gasteiger partial charge in [-0.1, -0.05) is 6.08 Å². The largest absolute Gasteiger partial charge is 0.416 e. The lowest BCUT2D eigenvalue weighted by Crippen LogP contribution is -2.24. The van der Waals surface area contributed by atoms with Gasteiger partial charge in [-0.15, -0.1) is 0 Å². The smallest absolute Gasteiger partial charge is 0.329 e. The Morgan fingerprint density at radius 1 is 1.10 bits per heavy atom. The van der Waals surface area contributed by atoms with Crippen molar-refractivity contribution in [2.24, 2.45) is 0 Å². The minimum absolute atomic E-state index is 0.138. The summed E-state index contributed by atoms with van der Waals surface area (Å²) in [5.74, 6) is -0.281. The third kappa shape index (κ3) is 4.84. The normalized spacial score (nSPS) is 14.1. The predicted molar refractivity (Wildman–Crippen MR) is 111 cm³/mol. The number of nitrogens with zero attached hydrogens (tertiary/aromatic N) is 4. The summed E-state index contributed by atoms with van der Waals surface area (Å²) >= 11 is 0. The lowest BCUT2D eigenvalue weighted by molar-refractivity contribution is -0.137. The molecular formula is C23H20F4N4. The molecule has 0 saturated carbocycles. The van der Waals surface area contributed by atoms with Crippen LogP contribution in [0.1, 0.15) is 18.1 Å². The second kappa shape index (κ2) is 8.37. The van der Waals surface area contributed by atoms with Crippen molar-refractivity contribution in [2.45, 2.75) is 26.1 Å². The number of hydrogen-bond acceptors (Lipinski definition) is 3. The van der Waals surface area contributed by atoms with Gasteiger partial charge in [0.25, 0.3) is 0 Å². The monoisotopic (exact) mass is 428 g/mol. The average Bonchev–Trinajstić information content (AvgIpc) is 3.21. The number of anilines is 1. The van der Waals surface area contributed by atoms with Crippen LogP contribution in [0.15, 0.2) is 72.7 Å². The van der Waals surface area contributed by atoms with Crippen molar-refractivity contribution in [2.75, 3.05) is 11.4 Å². The predicted octanol–water partition coefficient (Wildman–Crippen LogP) is 5.63. The number of benzene rings is 1. The fraction of sp³-hybridized carbons (Fsp3) is 0.217. The van der Waals surface area contributed by atoms with Gasteiger partial charge in [0.1, 0.15) is 11.6 Å². The maximum atomic E-state index is 13.6. The Balaban J connectivity index is 1.63. The van der Waals surface area contributed by atoms with Gasteiger partial charge in [0.2, 0.25) is 0 Å². The summed E-state index contributed by atoms with van der Waals surface area (Å²) in [4.78, 5) is 6.12. The molecule has 4 nitrogen and oxygen atoms in total. The molecular weight excluding hydrogens is 408 g/mol. The molecule has 0 aliphatic carbocycles. The molecule has 8 heteroatoms. The van der Waals surface area contributed by atoms with Gasteiger partial charge in [-0.3, -0.25) is 4.68 Å². The molecule has 2 aromatic heterocycles. The summed E-state index contributed by atoms with van der Waals surface area (Å²) in [6, 6.07) is 7.27. The molecule has 0 fully saturated rings. The van der Waals surface area contributed by atoms with Gasteiger partial charge in [-0.25, -0.2) is 9.37 Å². The van der Waals surface area contributed by atoms with Gasteiger partial charge in [-0.2, -0.15) is 18.3 Å². The Morgan fingerprint density at radius 2 is 1.87 bits per heavy atom. The van der Waals surface area contributed by atoms with E-state index in [0.717, 1.165) is 29.8 Å². The molecule has 0 bridgehead atoms. The van der Waals surface area contributed by atoms with Gasteiger partial charge >= 0.3 is 6.18 Å². The molecule has 0 atom stereocenters. The number of alkyl halides is 3. The van der Waals surface area contributed by atoms with Crippen molar-refractivity contribution in [1.29, 1.82) is 0 Å². The van der Waals surface area contributed by atoms with Gasteiger partial charge in [0, 0.05) is 31.0 Å². The standard InChI is InChI=1S/C23H20F4N4/c1-2-31-15-17(13-28-31)10-16-4-3-9-30(14-16)22-12-19(23(25,26)27)11-21(29-22)18-5-7-20(24)8-6-18/h3-9,11-13,15H,2,10,14H2,1H3. The van der Waals surface area contributed by atoms with E-state index in [4.69, 9.17) is 0 Å². The summed E-state index contributed by atoms with van der Waals surface area (Å²) in [7, 11) is 0. The minimum Gasteiger partial charge on any atom is -0.329 e. The van der Waals surface area contributed by atoms with E-state index in [0.29, 0.717) is 18.5 Å². The number of rotatable bonds is 5. The van der Waals surface area contributed by atoms with Crippen molar-refractivity contribution < 1.29 is 17.6 Å². The maximum absolute atomic E-state index is 13.6. The topological polar surface area (TPSA) is 34.0 Å². The van der Waals surface area contributed by atoms with E-state index < -0.39 is 17.6 Å². The van der Waals surface area contributed by atoms with Crippen molar-refractivity contribution in [3.63, 3.8) is 0 Å². The molecule has 1 aromatic carbocycles. The van der Waals surface area contributed by atoms with Crippen LogP contribution < -0.4 is 4.90 Å². The van der Waals surface area contributed by atoms with Crippen LogP contribution in [0.25, 0.3) is 11.3 Å². The second-order valence-electron chi connectivity index (χ2n) is 7.28. The Morgan fingerprint density at radius 3 is 2.55 bits per heavy atom. The first-order valence-corrected chi connectivity index (χ1v) is 9.81. The summed E-state index contributed by atoms with van der Waals surface area (Å²) < 4.78 is 55.7. The SMILES string of the molecule is CCn1cc(CC2=CC=CN(c3cc(C(F)(F)F)cc(-c4ccc(F)cc4)n3)C2)cn1. The summed E-state index contributed by atoms with van der Waals surface area (Å²) in [6.07, 6.45) is 5.32. The van der Waals surface area contributed by atoms with E-state index >= 15 is 0 Å². The molecule has 1 aliphatic heterocycles. The molecule has 160 valence electrons. The highest BCUT2D eigenvalue weighted by molar-refractivity contribution is 5.64. The van der Waals surface area contributed by atoms with Crippen molar-refractivity contribution in [3.8, 4) is 11.3 Å². The van der Waals surface area contributed by atoms with Crippen LogP contribution in [0.2, 0.25) is 0 Å². The molecule has 1 aliphatic rings. The van der Waals surface area contributed by atoms with E-state index in [9.17, 15) is 17.6 Å². The highest BCUT2D eigenvalue weighted by Crippen LogP contribution is 2.35. The number of aryl methyl sites for hydroxylation is 1. The lowest BCUT2D eigenvalue weighted by atomic mass is 10.0. The minimum atomic E-state index is -4.53. The summed E-state index contributed by atoms with van der Waals surface area (Å²) in [5, 5.41) is 4.26. The molecule has 4 rings (SSSR count). The van der Waals surface area contributed by atoms with Crippen LogP contribution in [0.3, 0.4) is 0 Å². The van der Waals surface area contributed by atoms with E-state index in [1.54, 1.807) is 23.4 Å². The highest BCUT2D eigenvalue weighted by Gasteiger charge is 2.32. The fourth-order valence-electron chi connectivity index (χ4n) is 3.41. The summed E-state index contributed by atoms with van der Waals surface area (Å²) in [5.41, 5.74) is 1.81. The first kappa shape index (κ1) is 20.8. The van der Waals surface area contributed by atoms with Gasteiger partial charge < -0.3 is 4.90 Å². The van der Waals surface area contributed by atoms with Crippen LogP contribution in [0, 0.1) is 5.82 Å². The first-order chi connectivity index (χ1) is 14.8. The lowest BCUT2D eigenvalue weighted by Gasteiger charge is -2.25. The molecule has 0 unspecified atom stereocenters. The molecule has 0 amide bonds. The van der Waals surface area contributed by atoms with Gasteiger partial charge in [-0.05, 0) is 67.0 Å². The van der Waals surface area contributed by atoms with E-state index in [1.165, 1.54) is 24.3 Å². The molecule has 0 saturated heterocycles. The van der Waals surface area contributed by atoms with Crippen LogP contribution >= 0.6 is 0 Å². The van der Waals surface area contributed by atoms with E-state index in [1.807, 2.05) is 23.9 Å². The molecule has 0 N–H and O–H groups in total. The average molecular weight is 428 g/mol. The quantitative estimate of drug-likeness (QED) is 0.494. The third-order valence-corrected chi connectivity index (χ3v) is 4.99. The van der Waals surface area contributed by atoms with Crippen molar-refractivity contribution in [1.82, 2.24) is 14.8 Å². The van der Waals surface area contributed by atoms with Crippen LogP contribution in [0.4, 0.5) is 23.4 Å². The van der Waals surface area contributed by atoms with Gasteiger partial charge in [0.05, 0.1) is 17.5 Å². The highest BCUT2D eigenvalue weighted by atomic mass is 19.4. The number of allylic oxidation sites excluding steroid dienone is 2. The second-order valence-corrected chi connectivity index (χ2v) is 7.28. The molecule has 3 aromatic rings. The van der Waals surface area contributed by atoms with Crippen molar-refractivity contribution >= 4 is 5.82 Å². The Bertz CT molecular complexity index is 1130. The number of halogens is 4. The zero-order valence-electron chi connectivity index (χ0n) is 16.8. The van der Waals surface area contributed by atoms with Crippen LogP contribution in [-0.4, -0.2) is 21.3 Å². The number of aromatic nitrogens is 3.